The van der Waals surface area contributed by atoms with Gasteiger partial charge in [0.1, 0.15) is 0 Å². The molecule has 1 aromatic rings. The van der Waals surface area contributed by atoms with Gasteiger partial charge in [-0.05, 0) is 25.3 Å². The molecule has 21 heavy (non-hydrogen) atoms. The summed E-state index contributed by atoms with van der Waals surface area (Å²) < 4.78 is 0. The second kappa shape index (κ2) is 10.3. The Morgan fingerprint density at radius 3 is 2.52 bits per heavy atom. The number of thioether (sulfide) groups is 1. The molecule has 0 bridgehead atoms. The van der Waals surface area contributed by atoms with E-state index in [1.54, 1.807) is 11.8 Å². The van der Waals surface area contributed by atoms with E-state index in [-0.39, 0.29) is 12.3 Å². The SMILES string of the molecule is Cc1ccc(CSCC(=O)NCCCCCC(=O)O)cc1. The fourth-order valence-corrected chi connectivity index (χ4v) is 2.62. The summed E-state index contributed by atoms with van der Waals surface area (Å²) in [6.45, 7) is 2.68. The van der Waals surface area contributed by atoms with Crippen molar-refractivity contribution in [3.8, 4) is 0 Å². The third-order valence-electron chi connectivity index (χ3n) is 3.01. The third kappa shape index (κ3) is 9.13. The lowest BCUT2D eigenvalue weighted by molar-refractivity contribution is -0.137. The molecule has 0 radical (unpaired) electrons. The maximum atomic E-state index is 11.6. The number of unbranched alkanes of at least 4 members (excludes halogenated alkanes) is 2. The van der Waals surface area contributed by atoms with Gasteiger partial charge in [-0.2, -0.15) is 0 Å². The van der Waals surface area contributed by atoms with Crippen molar-refractivity contribution in [1.29, 1.82) is 0 Å². The monoisotopic (exact) mass is 309 g/mol. The predicted octanol–water partition coefficient (Wildman–Crippen LogP) is 2.99. The highest BCUT2D eigenvalue weighted by molar-refractivity contribution is 7.99. The lowest BCUT2D eigenvalue weighted by atomic mass is 10.2. The van der Waals surface area contributed by atoms with Crippen LogP contribution >= 0.6 is 11.8 Å². The largest absolute Gasteiger partial charge is 0.481 e. The molecule has 2 N–H and O–H groups in total. The van der Waals surface area contributed by atoms with Crippen molar-refractivity contribution in [1.82, 2.24) is 5.32 Å². The minimum atomic E-state index is -0.758. The molecule has 0 aliphatic heterocycles. The van der Waals surface area contributed by atoms with E-state index in [1.165, 1.54) is 11.1 Å². The van der Waals surface area contributed by atoms with E-state index in [0.717, 1.165) is 18.6 Å². The zero-order chi connectivity index (χ0) is 15.5. The molecule has 1 amide bonds. The fourth-order valence-electron chi connectivity index (χ4n) is 1.80. The molecule has 0 aromatic heterocycles. The number of carbonyl (C=O) groups excluding carboxylic acids is 1. The topological polar surface area (TPSA) is 66.4 Å². The molecule has 4 nitrogen and oxygen atoms in total. The Morgan fingerprint density at radius 1 is 1.14 bits per heavy atom. The molecule has 0 unspecified atom stereocenters. The number of hydrogen-bond donors (Lipinski definition) is 2. The number of carbonyl (C=O) groups is 2. The average molecular weight is 309 g/mol. The van der Waals surface area contributed by atoms with Gasteiger partial charge in [0.2, 0.25) is 5.91 Å². The summed E-state index contributed by atoms with van der Waals surface area (Å²) in [5.41, 5.74) is 2.47. The van der Waals surface area contributed by atoms with Crippen LogP contribution in [0.1, 0.15) is 36.8 Å². The minimum absolute atomic E-state index is 0.0466. The molecule has 0 atom stereocenters. The fraction of sp³-hybridized carbons (Fsp3) is 0.500. The molecule has 0 fully saturated rings. The smallest absolute Gasteiger partial charge is 0.303 e. The zero-order valence-electron chi connectivity index (χ0n) is 12.4. The third-order valence-corrected chi connectivity index (χ3v) is 4.02. The van der Waals surface area contributed by atoms with Crippen molar-refractivity contribution in [2.24, 2.45) is 0 Å². The Balaban J connectivity index is 2.01. The average Bonchev–Trinajstić information content (AvgIpc) is 2.44. The van der Waals surface area contributed by atoms with E-state index < -0.39 is 5.97 Å². The highest BCUT2D eigenvalue weighted by Gasteiger charge is 2.02. The van der Waals surface area contributed by atoms with Crippen LogP contribution in [0.3, 0.4) is 0 Å². The summed E-state index contributed by atoms with van der Waals surface area (Å²) in [6, 6.07) is 8.32. The number of benzene rings is 1. The van der Waals surface area contributed by atoms with Gasteiger partial charge in [-0.15, -0.1) is 11.8 Å². The molecule has 0 heterocycles. The Hall–Kier alpha value is -1.49. The first-order valence-corrected chi connectivity index (χ1v) is 8.35. The molecular formula is C16H23NO3S. The van der Waals surface area contributed by atoms with E-state index in [2.05, 4.69) is 36.5 Å². The standard InChI is InChI=1S/C16H23NO3S/c1-13-6-8-14(9-7-13)11-21-12-15(18)17-10-4-2-3-5-16(19)20/h6-9H,2-5,10-12H2,1H3,(H,17,18)(H,19,20). The molecule has 0 aliphatic rings. The van der Waals surface area contributed by atoms with Gasteiger partial charge in [-0.25, -0.2) is 0 Å². The summed E-state index contributed by atoms with van der Waals surface area (Å²) >= 11 is 1.60. The number of aliphatic carboxylic acids is 1. The summed E-state index contributed by atoms with van der Waals surface area (Å²) in [7, 11) is 0. The number of carboxylic acids is 1. The predicted molar refractivity (Wildman–Crippen MR) is 86.5 cm³/mol. The lowest BCUT2D eigenvalue weighted by Crippen LogP contribution is -2.26. The maximum absolute atomic E-state index is 11.6. The highest BCUT2D eigenvalue weighted by Crippen LogP contribution is 2.12. The van der Waals surface area contributed by atoms with Gasteiger partial charge >= 0.3 is 5.97 Å². The quantitative estimate of drug-likeness (QED) is 0.652. The Morgan fingerprint density at radius 2 is 1.86 bits per heavy atom. The van der Waals surface area contributed by atoms with E-state index in [4.69, 9.17) is 5.11 Å². The van der Waals surface area contributed by atoms with Crippen LogP contribution in [0.4, 0.5) is 0 Å². The van der Waals surface area contributed by atoms with Crippen molar-refractivity contribution < 1.29 is 14.7 Å². The van der Waals surface area contributed by atoms with Crippen molar-refractivity contribution >= 4 is 23.6 Å². The highest BCUT2D eigenvalue weighted by atomic mass is 32.2. The first kappa shape index (κ1) is 17.6. The molecule has 0 aliphatic carbocycles. The molecule has 5 heteroatoms. The van der Waals surface area contributed by atoms with Crippen molar-refractivity contribution in [3.05, 3.63) is 35.4 Å². The van der Waals surface area contributed by atoms with Gasteiger partial charge < -0.3 is 10.4 Å². The number of hydrogen-bond acceptors (Lipinski definition) is 3. The van der Waals surface area contributed by atoms with Crippen LogP contribution in [0.25, 0.3) is 0 Å². The van der Waals surface area contributed by atoms with Gasteiger partial charge in [-0.1, -0.05) is 36.2 Å². The minimum Gasteiger partial charge on any atom is -0.481 e. The first-order valence-electron chi connectivity index (χ1n) is 7.19. The second-order valence-electron chi connectivity index (χ2n) is 5.03. The second-order valence-corrected chi connectivity index (χ2v) is 6.02. The van der Waals surface area contributed by atoms with Crippen LogP contribution in [0.5, 0.6) is 0 Å². The Kier molecular flexibility index (Phi) is 8.59. The van der Waals surface area contributed by atoms with Crippen LogP contribution in [0.2, 0.25) is 0 Å². The number of nitrogens with one attached hydrogen (secondary N) is 1. The molecule has 0 spiro atoms. The normalized spacial score (nSPS) is 10.3. The Bertz CT molecular complexity index is 445. The number of amides is 1. The number of rotatable bonds is 10. The van der Waals surface area contributed by atoms with Crippen LogP contribution in [0.15, 0.2) is 24.3 Å². The summed E-state index contributed by atoms with van der Waals surface area (Å²) in [5.74, 6) is 0.590. The Labute approximate surface area is 130 Å². The molecule has 0 saturated heterocycles. The summed E-state index contributed by atoms with van der Waals surface area (Å²) in [5, 5.41) is 11.4. The first-order chi connectivity index (χ1) is 10.1. The maximum Gasteiger partial charge on any atom is 0.303 e. The van der Waals surface area contributed by atoms with E-state index in [0.29, 0.717) is 18.7 Å². The molecular weight excluding hydrogens is 286 g/mol. The van der Waals surface area contributed by atoms with Gasteiger partial charge in [0.05, 0.1) is 5.75 Å². The van der Waals surface area contributed by atoms with Crippen molar-refractivity contribution in [2.75, 3.05) is 12.3 Å². The van der Waals surface area contributed by atoms with Gasteiger partial charge in [-0.3, -0.25) is 9.59 Å². The van der Waals surface area contributed by atoms with Crippen LogP contribution < -0.4 is 5.32 Å². The molecule has 116 valence electrons. The van der Waals surface area contributed by atoms with E-state index in [9.17, 15) is 9.59 Å². The van der Waals surface area contributed by atoms with Gasteiger partial charge in [0, 0.05) is 18.7 Å². The summed E-state index contributed by atoms with van der Waals surface area (Å²) in [4.78, 5) is 21.9. The number of carboxylic acid groups (broad SMARTS) is 1. The van der Waals surface area contributed by atoms with Crippen LogP contribution in [-0.2, 0) is 15.3 Å². The van der Waals surface area contributed by atoms with Crippen molar-refractivity contribution in [2.45, 2.75) is 38.4 Å². The zero-order valence-corrected chi connectivity index (χ0v) is 13.2. The van der Waals surface area contributed by atoms with Crippen molar-refractivity contribution in [3.63, 3.8) is 0 Å². The van der Waals surface area contributed by atoms with Crippen LogP contribution in [0, 0.1) is 6.92 Å². The van der Waals surface area contributed by atoms with Gasteiger partial charge in [0.15, 0.2) is 0 Å². The molecule has 1 rings (SSSR count). The van der Waals surface area contributed by atoms with Crippen LogP contribution in [-0.4, -0.2) is 29.3 Å². The molecule has 1 aromatic carbocycles. The van der Waals surface area contributed by atoms with E-state index in [1.807, 2.05) is 0 Å². The van der Waals surface area contributed by atoms with Gasteiger partial charge in [0.25, 0.3) is 0 Å². The molecule has 0 saturated carbocycles. The van der Waals surface area contributed by atoms with E-state index >= 15 is 0 Å². The summed E-state index contributed by atoms with van der Waals surface area (Å²) in [6.07, 6.45) is 2.55. The lowest BCUT2D eigenvalue weighted by Gasteiger charge is -2.05. The number of aryl methyl sites for hydroxylation is 1.